The number of ether oxygens (including phenoxy) is 2. The van der Waals surface area contributed by atoms with E-state index in [1.807, 2.05) is 30.3 Å². The minimum Gasteiger partial charge on any atom is -0.468 e. The average Bonchev–Trinajstić information content (AvgIpc) is 2.24. The molecule has 14 heavy (non-hydrogen) atoms. The molecule has 1 aromatic carbocycles. The van der Waals surface area contributed by atoms with Gasteiger partial charge >= 0.3 is 0 Å². The molecule has 0 heterocycles. The van der Waals surface area contributed by atoms with Crippen molar-refractivity contribution in [1.82, 2.24) is 0 Å². The molecule has 0 fully saturated rings. The van der Waals surface area contributed by atoms with E-state index in [2.05, 4.69) is 0 Å². The zero-order valence-corrected chi connectivity index (χ0v) is 8.14. The maximum absolute atomic E-state index is 8.60. The number of rotatable bonds is 5. The van der Waals surface area contributed by atoms with Crippen LogP contribution in [0.1, 0.15) is 5.56 Å². The van der Waals surface area contributed by atoms with Gasteiger partial charge in [-0.3, -0.25) is 0 Å². The van der Waals surface area contributed by atoms with Crippen LogP contribution in [0.4, 0.5) is 0 Å². The lowest BCUT2D eigenvalue weighted by atomic mass is 10.2. The summed E-state index contributed by atoms with van der Waals surface area (Å²) in [6, 6.07) is 7.56. The molecule has 0 aromatic heterocycles. The Morgan fingerprint density at radius 1 is 1.43 bits per heavy atom. The second kappa shape index (κ2) is 6.18. The van der Waals surface area contributed by atoms with Crippen molar-refractivity contribution < 1.29 is 14.6 Å². The van der Waals surface area contributed by atoms with Crippen LogP contribution in [-0.4, -0.2) is 25.6 Å². The Labute approximate surface area is 83.6 Å². The number of aliphatic hydroxyl groups excluding tert-OH is 1. The molecule has 0 unspecified atom stereocenters. The van der Waals surface area contributed by atoms with Crippen molar-refractivity contribution >= 4 is 6.08 Å². The quantitative estimate of drug-likeness (QED) is 0.725. The van der Waals surface area contributed by atoms with E-state index in [-0.39, 0.29) is 13.4 Å². The van der Waals surface area contributed by atoms with Crippen LogP contribution < -0.4 is 4.74 Å². The molecule has 0 bridgehead atoms. The fourth-order valence-corrected chi connectivity index (χ4v) is 1.02. The minimum absolute atomic E-state index is 0.0448. The molecule has 3 nitrogen and oxygen atoms in total. The molecule has 3 heteroatoms. The van der Waals surface area contributed by atoms with E-state index in [0.717, 1.165) is 11.3 Å². The first-order valence-corrected chi connectivity index (χ1v) is 4.36. The average molecular weight is 194 g/mol. The van der Waals surface area contributed by atoms with Crippen molar-refractivity contribution in [2.24, 2.45) is 0 Å². The zero-order chi connectivity index (χ0) is 10.2. The third kappa shape index (κ3) is 3.60. The number of aliphatic hydroxyl groups is 1. The summed E-state index contributed by atoms with van der Waals surface area (Å²) in [6.07, 6.45) is 3.51. The second-order valence-electron chi connectivity index (χ2n) is 2.71. The van der Waals surface area contributed by atoms with Crippen LogP contribution in [0.3, 0.4) is 0 Å². The summed E-state index contributed by atoms with van der Waals surface area (Å²) in [5.41, 5.74) is 0.993. The van der Waals surface area contributed by atoms with Crippen LogP contribution in [0.15, 0.2) is 30.3 Å². The molecule has 0 atom stereocenters. The van der Waals surface area contributed by atoms with Gasteiger partial charge in [0.25, 0.3) is 0 Å². The molecule has 76 valence electrons. The predicted molar refractivity (Wildman–Crippen MR) is 55.1 cm³/mol. The summed E-state index contributed by atoms with van der Waals surface area (Å²) in [5, 5.41) is 8.60. The molecule has 1 aromatic rings. The van der Waals surface area contributed by atoms with Gasteiger partial charge in [0.05, 0.1) is 6.61 Å². The summed E-state index contributed by atoms with van der Waals surface area (Å²) >= 11 is 0. The highest BCUT2D eigenvalue weighted by molar-refractivity contribution is 5.51. The van der Waals surface area contributed by atoms with E-state index in [0.29, 0.717) is 0 Å². The molecule has 0 spiro atoms. The van der Waals surface area contributed by atoms with Crippen LogP contribution in [0.25, 0.3) is 6.08 Å². The van der Waals surface area contributed by atoms with Crippen LogP contribution in [0.5, 0.6) is 5.75 Å². The van der Waals surface area contributed by atoms with E-state index in [1.54, 1.807) is 13.2 Å². The zero-order valence-electron chi connectivity index (χ0n) is 8.14. The molecule has 0 amide bonds. The summed E-state index contributed by atoms with van der Waals surface area (Å²) in [7, 11) is 1.58. The van der Waals surface area contributed by atoms with E-state index in [9.17, 15) is 0 Å². The fourth-order valence-electron chi connectivity index (χ4n) is 1.02. The Morgan fingerprint density at radius 3 is 3.00 bits per heavy atom. The topological polar surface area (TPSA) is 38.7 Å². The lowest BCUT2D eigenvalue weighted by molar-refractivity contribution is 0.0511. The molecule has 0 aliphatic carbocycles. The van der Waals surface area contributed by atoms with Gasteiger partial charge in [-0.2, -0.15) is 0 Å². The third-order valence-corrected chi connectivity index (χ3v) is 1.62. The first-order valence-electron chi connectivity index (χ1n) is 4.36. The van der Waals surface area contributed by atoms with Gasteiger partial charge in [-0.25, -0.2) is 0 Å². The van der Waals surface area contributed by atoms with E-state index < -0.39 is 0 Å². The number of hydrogen-bond donors (Lipinski definition) is 1. The molecular formula is C11H14O3. The predicted octanol–water partition coefficient (Wildman–Crippen LogP) is 1.67. The van der Waals surface area contributed by atoms with Gasteiger partial charge in [-0.1, -0.05) is 24.3 Å². The van der Waals surface area contributed by atoms with Crippen molar-refractivity contribution in [2.45, 2.75) is 0 Å². The maximum atomic E-state index is 8.60. The van der Waals surface area contributed by atoms with Crippen molar-refractivity contribution in [3.63, 3.8) is 0 Å². The van der Waals surface area contributed by atoms with Crippen molar-refractivity contribution in [2.75, 3.05) is 20.5 Å². The van der Waals surface area contributed by atoms with Crippen molar-refractivity contribution in [3.8, 4) is 5.75 Å². The van der Waals surface area contributed by atoms with E-state index >= 15 is 0 Å². The van der Waals surface area contributed by atoms with E-state index in [4.69, 9.17) is 14.6 Å². The first kappa shape index (κ1) is 10.8. The number of hydrogen-bond acceptors (Lipinski definition) is 3. The van der Waals surface area contributed by atoms with Gasteiger partial charge in [-0.05, 0) is 17.7 Å². The Morgan fingerprint density at radius 2 is 2.29 bits per heavy atom. The van der Waals surface area contributed by atoms with Gasteiger partial charge < -0.3 is 14.6 Å². The Bertz CT molecular complexity index is 294. The van der Waals surface area contributed by atoms with Crippen LogP contribution in [0, 0.1) is 0 Å². The monoisotopic (exact) mass is 194 g/mol. The van der Waals surface area contributed by atoms with Gasteiger partial charge in [0.2, 0.25) is 0 Å². The Balaban J connectivity index is 2.63. The summed E-state index contributed by atoms with van der Waals surface area (Å²) < 4.78 is 10.0. The highest BCUT2D eigenvalue weighted by atomic mass is 16.7. The highest BCUT2D eigenvalue weighted by Crippen LogP contribution is 2.14. The number of methoxy groups -OCH3 is 1. The maximum Gasteiger partial charge on any atom is 0.188 e. The molecule has 0 saturated heterocycles. The normalized spacial score (nSPS) is 10.7. The molecule has 1 N–H and O–H groups in total. The van der Waals surface area contributed by atoms with Gasteiger partial charge in [0, 0.05) is 7.11 Å². The largest absolute Gasteiger partial charge is 0.468 e. The lowest BCUT2D eigenvalue weighted by Crippen LogP contribution is -1.98. The third-order valence-electron chi connectivity index (χ3n) is 1.62. The van der Waals surface area contributed by atoms with Gasteiger partial charge in [0.1, 0.15) is 5.75 Å². The standard InChI is InChI=1S/C11H14O3/c1-13-9-14-11-6-2-4-10(8-11)5-3-7-12/h2-6,8,12H,7,9H2,1H3/b5-3+. The first-order chi connectivity index (χ1) is 6.86. The molecule has 1 rings (SSSR count). The van der Waals surface area contributed by atoms with Crippen molar-refractivity contribution in [1.29, 1.82) is 0 Å². The minimum atomic E-state index is 0.0448. The second-order valence-corrected chi connectivity index (χ2v) is 2.71. The van der Waals surface area contributed by atoms with Crippen LogP contribution in [0.2, 0.25) is 0 Å². The molecule has 0 saturated carbocycles. The van der Waals surface area contributed by atoms with E-state index in [1.165, 1.54) is 0 Å². The molecule has 0 aliphatic rings. The Hall–Kier alpha value is -1.32. The van der Waals surface area contributed by atoms with Crippen LogP contribution >= 0.6 is 0 Å². The molecule has 0 radical (unpaired) electrons. The smallest absolute Gasteiger partial charge is 0.188 e. The van der Waals surface area contributed by atoms with Gasteiger partial charge in [-0.15, -0.1) is 0 Å². The van der Waals surface area contributed by atoms with Crippen LogP contribution in [-0.2, 0) is 4.74 Å². The van der Waals surface area contributed by atoms with Crippen molar-refractivity contribution in [3.05, 3.63) is 35.9 Å². The summed E-state index contributed by atoms with van der Waals surface area (Å²) in [6.45, 7) is 0.288. The molecular weight excluding hydrogens is 180 g/mol. The van der Waals surface area contributed by atoms with Gasteiger partial charge in [0.15, 0.2) is 6.79 Å². The fraction of sp³-hybridized carbons (Fsp3) is 0.273. The lowest BCUT2D eigenvalue weighted by Gasteiger charge is -2.04. The molecule has 0 aliphatic heterocycles. The highest BCUT2D eigenvalue weighted by Gasteiger charge is 1.93. The Kier molecular flexibility index (Phi) is 4.75. The summed E-state index contributed by atoms with van der Waals surface area (Å²) in [5.74, 6) is 0.756. The number of benzene rings is 1. The summed E-state index contributed by atoms with van der Waals surface area (Å²) in [4.78, 5) is 0. The SMILES string of the molecule is COCOc1cccc(/C=C/CO)c1.